The largest absolute Gasteiger partial charge is 0.350 e. The van der Waals surface area contributed by atoms with Gasteiger partial charge in [0.2, 0.25) is 0 Å². The lowest BCUT2D eigenvalue weighted by atomic mass is 10.1. The molecule has 4 nitrogen and oxygen atoms in total. The number of aryl methyl sites for hydroxylation is 1. The second-order valence-corrected chi connectivity index (χ2v) is 4.63. The number of benzene rings is 1. The Morgan fingerprint density at radius 2 is 1.89 bits per heavy atom. The van der Waals surface area contributed by atoms with Crippen LogP contribution in [0.2, 0.25) is 5.02 Å². The average molecular weight is 276 g/mol. The third-order valence-electron chi connectivity index (χ3n) is 2.64. The van der Waals surface area contributed by atoms with Crippen molar-refractivity contribution in [1.29, 1.82) is 0 Å². The van der Waals surface area contributed by atoms with E-state index in [1.165, 1.54) is 0 Å². The van der Waals surface area contributed by atoms with Crippen LogP contribution in [0.25, 0.3) is 0 Å². The Balaban J connectivity index is 1.84. The zero-order valence-corrected chi connectivity index (χ0v) is 11.3. The lowest BCUT2D eigenvalue weighted by Gasteiger charge is -2.04. The Labute approximate surface area is 116 Å². The maximum Gasteiger partial charge on any atom is 0.271 e. The summed E-state index contributed by atoms with van der Waals surface area (Å²) in [7, 11) is 0. The quantitative estimate of drug-likeness (QED) is 0.932. The standard InChI is InChI=1S/C14H14ClN3O/c1-10-2-7-13(18-17-10)14(19)16-9-8-11-3-5-12(15)6-4-11/h2-7H,8-9H2,1H3,(H,16,19). The van der Waals surface area contributed by atoms with E-state index in [2.05, 4.69) is 15.5 Å². The van der Waals surface area contributed by atoms with Crippen LogP contribution in [0.3, 0.4) is 0 Å². The lowest BCUT2D eigenvalue weighted by molar-refractivity contribution is 0.0948. The third-order valence-corrected chi connectivity index (χ3v) is 2.89. The van der Waals surface area contributed by atoms with E-state index in [9.17, 15) is 4.79 Å². The Morgan fingerprint density at radius 3 is 2.53 bits per heavy atom. The fourth-order valence-electron chi connectivity index (χ4n) is 1.58. The van der Waals surface area contributed by atoms with Crippen LogP contribution >= 0.6 is 11.6 Å². The van der Waals surface area contributed by atoms with Gasteiger partial charge in [-0.05, 0) is 43.2 Å². The van der Waals surface area contributed by atoms with E-state index in [4.69, 9.17) is 11.6 Å². The average Bonchev–Trinajstić information content (AvgIpc) is 2.41. The van der Waals surface area contributed by atoms with Gasteiger partial charge in [0, 0.05) is 11.6 Å². The van der Waals surface area contributed by atoms with Crippen molar-refractivity contribution >= 4 is 17.5 Å². The second kappa shape index (κ2) is 6.29. The summed E-state index contributed by atoms with van der Waals surface area (Å²) in [4.78, 5) is 11.8. The van der Waals surface area contributed by atoms with Crippen LogP contribution in [0.15, 0.2) is 36.4 Å². The molecule has 2 rings (SSSR count). The Morgan fingerprint density at radius 1 is 1.16 bits per heavy atom. The molecule has 0 aliphatic carbocycles. The van der Waals surface area contributed by atoms with Gasteiger partial charge < -0.3 is 5.32 Å². The normalized spacial score (nSPS) is 10.2. The molecular formula is C14H14ClN3O. The molecule has 1 amide bonds. The minimum Gasteiger partial charge on any atom is -0.350 e. The summed E-state index contributed by atoms with van der Waals surface area (Å²) in [5, 5.41) is 11.2. The molecule has 19 heavy (non-hydrogen) atoms. The van der Waals surface area contributed by atoms with E-state index in [1.807, 2.05) is 31.2 Å². The van der Waals surface area contributed by atoms with Crippen molar-refractivity contribution in [3.05, 3.63) is 58.4 Å². The molecular weight excluding hydrogens is 262 g/mol. The summed E-state index contributed by atoms with van der Waals surface area (Å²) in [5.41, 5.74) is 2.25. The first-order valence-electron chi connectivity index (χ1n) is 5.98. The Bertz CT molecular complexity index is 552. The highest BCUT2D eigenvalue weighted by Crippen LogP contribution is 2.09. The fourth-order valence-corrected chi connectivity index (χ4v) is 1.71. The molecule has 0 saturated heterocycles. The second-order valence-electron chi connectivity index (χ2n) is 4.19. The number of hydrogen-bond donors (Lipinski definition) is 1. The summed E-state index contributed by atoms with van der Waals surface area (Å²) in [6, 6.07) is 11.0. The maximum atomic E-state index is 11.8. The number of carbonyl (C=O) groups is 1. The molecule has 98 valence electrons. The zero-order valence-electron chi connectivity index (χ0n) is 10.6. The van der Waals surface area contributed by atoms with Gasteiger partial charge in [-0.15, -0.1) is 5.10 Å². The Hall–Kier alpha value is -1.94. The van der Waals surface area contributed by atoms with Gasteiger partial charge in [-0.25, -0.2) is 0 Å². The molecule has 0 aliphatic rings. The van der Waals surface area contributed by atoms with Crippen molar-refractivity contribution in [3.8, 4) is 0 Å². The fraction of sp³-hybridized carbons (Fsp3) is 0.214. The van der Waals surface area contributed by atoms with Gasteiger partial charge in [0.25, 0.3) is 5.91 Å². The van der Waals surface area contributed by atoms with Crippen LogP contribution in [-0.4, -0.2) is 22.6 Å². The summed E-state index contributed by atoms with van der Waals surface area (Å²) in [5.74, 6) is -0.207. The van der Waals surface area contributed by atoms with Crippen LogP contribution in [0.4, 0.5) is 0 Å². The lowest BCUT2D eigenvalue weighted by Crippen LogP contribution is -2.26. The smallest absolute Gasteiger partial charge is 0.271 e. The minimum absolute atomic E-state index is 0.207. The molecule has 0 aliphatic heterocycles. The van der Waals surface area contributed by atoms with Gasteiger partial charge in [-0.2, -0.15) is 5.10 Å². The van der Waals surface area contributed by atoms with Gasteiger partial charge in [0.1, 0.15) is 0 Å². The van der Waals surface area contributed by atoms with Crippen molar-refractivity contribution in [1.82, 2.24) is 15.5 Å². The summed E-state index contributed by atoms with van der Waals surface area (Å²) in [6.07, 6.45) is 0.752. The van der Waals surface area contributed by atoms with Crippen molar-refractivity contribution in [3.63, 3.8) is 0 Å². The van der Waals surface area contributed by atoms with E-state index in [1.54, 1.807) is 12.1 Å². The van der Waals surface area contributed by atoms with E-state index >= 15 is 0 Å². The van der Waals surface area contributed by atoms with Crippen LogP contribution in [0.5, 0.6) is 0 Å². The Kier molecular flexibility index (Phi) is 4.47. The van der Waals surface area contributed by atoms with E-state index < -0.39 is 0 Å². The SMILES string of the molecule is Cc1ccc(C(=O)NCCc2ccc(Cl)cc2)nn1. The molecule has 0 spiro atoms. The highest BCUT2D eigenvalue weighted by molar-refractivity contribution is 6.30. The summed E-state index contributed by atoms with van der Waals surface area (Å²) < 4.78 is 0. The van der Waals surface area contributed by atoms with Crippen LogP contribution in [-0.2, 0) is 6.42 Å². The topological polar surface area (TPSA) is 54.9 Å². The third kappa shape index (κ3) is 4.03. The molecule has 0 atom stereocenters. The van der Waals surface area contributed by atoms with Gasteiger partial charge >= 0.3 is 0 Å². The van der Waals surface area contributed by atoms with Crippen molar-refractivity contribution in [2.45, 2.75) is 13.3 Å². The molecule has 0 radical (unpaired) electrons. The van der Waals surface area contributed by atoms with Gasteiger partial charge in [-0.3, -0.25) is 4.79 Å². The summed E-state index contributed by atoms with van der Waals surface area (Å²) in [6.45, 7) is 2.38. The number of nitrogens with one attached hydrogen (secondary N) is 1. The highest BCUT2D eigenvalue weighted by Gasteiger charge is 2.06. The van der Waals surface area contributed by atoms with Crippen LogP contribution in [0.1, 0.15) is 21.7 Å². The van der Waals surface area contributed by atoms with Gasteiger partial charge in [0.15, 0.2) is 5.69 Å². The van der Waals surface area contributed by atoms with Crippen molar-refractivity contribution in [2.75, 3.05) is 6.54 Å². The number of rotatable bonds is 4. The number of amides is 1. The molecule has 2 aromatic rings. The molecule has 1 aromatic heterocycles. The van der Waals surface area contributed by atoms with E-state index in [0.29, 0.717) is 17.3 Å². The maximum absolute atomic E-state index is 11.8. The van der Waals surface area contributed by atoms with E-state index in [-0.39, 0.29) is 5.91 Å². The molecule has 0 bridgehead atoms. The van der Waals surface area contributed by atoms with Crippen molar-refractivity contribution < 1.29 is 4.79 Å². The minimum atomic E-state index is -0.207. The van der Waals surface area contributed by atoms with E-state index in [0.717, 1.165) is 17.7 Å². The number of hydrogen-bond acceptors (Lipinski definition) is 3. The highest BCUT2D eigenvalue weighted by atomic mass is 35.5. The first-order chi connectivity index (χ1) is 9.15. The predicted octanol–water partition coefficient (Wildman–Crippen LogP) is 2.41. The number of nitrogens with zero attached hydrogens (tertiary/aromatic N) is 2. The zero-order chi connectivity index (χ0) is 13.7. The molecule has 0 saturated carbocycles. The number of aromatic nitrogens is 2. The predicted molar refractivity (Wildman–Crippen MR) is 74.3 cm³/mol. The molecule has 1 aromatic carbocycles. The molecule has 0 unspecified atom stereocenters. The molecule has 1 N–H and O–H groups in total. The van der Waals surface area contributed by atoms with Gasteiger partial charge in [-0.1, -0.05) is 23.7 Å². The first-order valence-corrected chi connectivity index (χ1v) is 6.36. The van der Waals surface area contributed by atoms with Crippen LogP contribution < -0.4 is 5.32 Å². The van der Waals surface area contributed by atoms with Crippen LogP contribution in [0, 0.1) is 6.92 Å². The molecule has 1 heterocycles. The first kappa shape index (κ1) is 13.5. The summed E-state index contributed by atoms with van der Waals surface area (Å²) >= 11 is 5.80. The molecule has 5 heteroatoms. The van der Waals surface area contributed by atoms with Gasteiger partial charge in [0.05, 0.1) is 5.69 Å². The number of halogens is 1. The number of carbonyl (C=O) groups excluding carboxylic acids is 1. The molecule has 0 fully saturated rings. The van der Waals surface area contributed by atoms with Crippen molar-refractivity contribution in [2.24, 2.45) is 0 Å². The monoisotopic (exact) mass is 275 g/mol.